The Kier molecular flexibility index (Phi) is 8.62. The topological polar surface area (TPSA) is 69.6 Å². The normalized spacial score (nSPS) is 12.7. The number of Topliss-reactive ketones (excluding diaryl/α,β-unsaturated/α-hetero) is 1. The highest BCUT2D eigenvalue weighted by atomic mass is 16.4. The van der Waals surface area contributed by atoms with E-state index in [1.807, 2.05) is 0 Å². The van der Waals surface area contributed by atoms with Gasteiger partial charge in [0.25, 0.3) is 0 Å². The highest BCUT2D eigenvalue weighted by Gasteiger charge is 2.16. The van der Waals surface area contributed by atoms with Gasteiger partial charge in [0.2, 0.25) is 0 Å². The number of nitrogens with one attached hydrogen (secondary N) is 1. The second-order valence-electron chi connectivity index (χ2n) is 4.10. The molecule has 1 atom stereocenters. The Labute approximate surface area is 103 Å². The number of hydrogen-bond donors (Lipinski definition) is 2. The largest absolute Gasteiger partial charge is 0.481 e. The van der Waals surface area contributed by atoms with Crippen LogP contribution in [0.15, 0.2) is 0 Å². The molecule has 0 aromatic carbocycles. The molecule has 0 aliphatic carbocycles. The van der Waals surface area contributed by atoms with Crippen molar-refractivity contribution in [2.75, 3.05) is 26.2 Å². The van der Waals surface area contributed by atoms with Gasteiger partial charge in [-0.2, -0.15) is 0 Å². The number of carboxylic acids is 1. The standard InChI is InChI=1S/C12H24N2O3/c1-4-14(5-2)8-6-7-13-11(10(3)15)9-12(16)17/h11,13H,4-9H2,1-3H3,(H,16,17). The molecule has 5 nitrogen and oxygen atoms in total. The number of carbonyl (C=O) groups excluding carboxylic acids is 1. The number of carbonyl (C=O) groups is 2. The van der Waals surface area contributed by atoms with Gasteiger partial charge >= 0.3 is 5.97 Å². The summed E-state index contributed by atoms with van der Waals surface area (Å²) < 4.78 is 0. The van der Waals surface area contributed by atoms with Gasteiger partial charge < -0.3 is 15.3 Å². The molecule has 0 rings (SSSR count). The summed E-state index contributed by atoms with van der Waals surface area (Å²) in [5.74, 6) is -1.06. The average Bonchev–Trinajstić information content (AvgIpc) is 2.27. The van der Waals surface area contributed by atoms with Crippen LogP contribution in [0.5, 0.6) is 0 Å². The minimum Gasteiger partial charge on any atom is -0.481 e. The van der Waals surface area contributed by atoms with Gasteiger partial charge in [0, 0.05) is 0 Å². The van der Waals surface area contributed by atoms with Crippen molar-refractivity contribution in [1.29, 1.82) is 0 Å². The van der Waals surface area contributed by atoms with Crippen molar-refractivity contribution in [3.8, 4) is 0 Å². The monoisotopic (exact) mass is 244 g/mol. The zero-order valence-corrected chi connectivity index (χ0v) is 11.0. The van der Waals surface area contributed by atoms with E-state index in [2.05, 4.69) is 24.1 Å². The van der Waals surface area contributed by atoms with Gasteiger partial charge in [-0.25, -0.2) is 0 Å². The molecule has 0 spiro atoms. The molecule has 0 bridgehead atoms. The van der Waals surface area contributed by atoms with Crippen molar-refractivity contribution in [3.63, 3.8) is 0 Å². The maximum absolute atomic E-state index is 11.2. The molecule has 100 valence electrons. The highest BCUT2D eigenvalue weighted by molar-refractivity contribution is 5.85. The summed E-state index contributed by atoms with van der Waals surface area (Å²) in [6.07, 6.45) is 0.783. The van der Waals surface area contributed by atoms with Gasteiger partial charge in [0.15, 0.2) is 0 Å². The molecule has 17 heavy (non-hydrogen) atoms. The SMILES string of the molecule is CCN(CC)CCCNC(CC(=O)O)C(C)=O. The van der Waals surface area contributed by atoms with E-state index < -0.39 is 12.0 Å². The zero-order valence-electron chi connectivity index (χ0n) is 11.0. The molecule has 0 aromatic rings. The summed E-state index contributed by atoms with van der Waals surface area (Å²) >= 11 is 0. The molecular formula is C12H24N2O3. The predicted molar refractivity (Wildman–Crippen MR) is 67.1 cm³/mol. The lowest BCUT2D eigenvalue weighted by Crippen LogP contribution is -2.39. The van der Waals surface area contributed by atoms with Gasteiger partial charge in [-0.1, -0.05) is 13.8 Å². The molecule has 0 saturated carbocycles. The Hall–Kier alpha value is -0.940. The predicted octanol–water partition coefficient (Wildman–Crippen LogP) is 0.740. The van der Waals surface area contributed by atoms with Gasteiger partial charge in [0.1, 0.15) is 5.78 Å². The maximum atomic E-state index is 11.2. The zero-order chi connectivity index (χ0) is 13.3. The third-order valence-electron chi connectivity index (χ3n) is 2.81. The molecular weight excluding hydrogens is 220 g/mol. The lowest BCUT2D eigenvalue weighted by atomic mass is 10.1. The summed E-state index contributed by atoms with van der Waals surface area (Å²) in [5, 5.41) is 11.7. The van der Waals surface area contributed by atoms with Crippen LogP contribution in [0.3, 0.4) is 0 Å². The van der Waals surface area contributed by atoms with Crippen molar-refractivity contribution >= 4 is 11.8 Å². The minimum absolute atomic E-state index is 0.116. The van der Waals surface area contributed by atoms with Crippen LogP contribution in [0, 0.1) is 0 Å². The first kappa shape index (κ1) is 16.1. The van der Waals surface area contributed by atoms with E-state index in [1.54, 1.807) is 0 Å². The average molecular weight is 244 g/mol. The van der Waals surface area contributed by atoms with Gasteiger partial charge in [-0.3, -0.25) is 9.59 Å². The second kappa shape index (κ2) is 9.13. The van der Waals surface area contributed by atoms with Crippen LogP contribution in [-0.2, 0) is 9.59 Å². The van der Waals surface area contributed by atoms with E-state index in [0.717, 1.165) is 26.1 Å². The molecule has 1 unspecified atom stereocenters. The quantitative estimate of drug-likeness (QED) is 0.555. The van der Waals surface area contributed by atoms with Crippen molar-refractivity contribution in [3.05, 3.63) is 0 Å². The van der Waals surface area contributed by atoms with Crippen LogP contribution in [0.25, 0.3) is 0 Å². The van der Waals surface area contributed by atoms with Gasteiger partial charge in [-0.15, -0.1) is 0 Å². The number of aliphatic carboxylic acids is 1. The Balaban J connectivity index is 3.82. The molecule has 0 aromatic heterocycles. The van der Waals surface area contributed by atoms with E-state index in [1.165, 1.54) is 6.92 Å². The molecule has 5 heteroatoms. The van der Waals surface area contributed by atoms with E-state index in [4.69, 9.17) is 5.11 Å². The smallest absolute Gasteiger partial charge is 0.305 e. The van der Waals surface area contributed by atoms with Crippen LogP contribution in [0.1, 0.15) is 33.6 Å². The number of carboxylic acid groups (broad SMARTS) is 1. The first-order valence-corrected chi connectivity index (χ1v) is 6.19. The van der Waals surface area contributed by atoms with Crippen LogP contribution < -0.4 is 5.32 Å². The highest BCUT2D eigenvalue weighted by Crippen LogP contribution is 1.95. The third kappa shape index (κ3) is 7.88. The van der Waals surface area contributed by atoms with E-state index in [0.29, 0.717) is 6.54 Å². The molecule has 0 fully saturated rings. The molecule has 0 amide bonds. The summed E-state index contributed by atoms with van der Waals surface area (Å²) in [5.41, 5.74) is 0. The third-order valence-corrected chi connectivity index (χ3v) is 2.81. The molecule has 0 aliphatic heterocycles. The van der Waals surface area contributed by atoms with E-state index in [-0.39, 0.29) is 12.2 Å². The minimum atomic E-state index is -0.943. The van der Waals surface area contributed by atoms with Crippen LogP contribution in [0.4, 0.5) is 0 Å². The fraction of sp³-hybridized carbons (Fsp3) is 0.833. The van der Waals surface area contributed by atoms with Crippen molar-refractivity contribution < 1.29 is 14.7 Å². The lowest BCUT2D eigenvalue weighted by Gasteiger charge is -2.19. The van der Waals surface area contributed by atoms with Gasteiger partial charge in [0.05, 0.1) is 12.5 Å². The fourth-order valence-electron chi connectivity index (χ4n) is 1.65. The Morgan fingerprint density at radius 2 is 1.88 bits per heavy atom. The van der Waals surface area contributed by atoms with Crippen molar-refractivity contribution in [1.82, 2.24) is 10.2 Å². The van der Waals surface area contributed by atoms with Crippen molar-refractivity contribution in [2.45, 2.75) is 39.7 Å². The van der Waals surface area contributed by atoms with Crippen LogP contribution >= 0.6 is 0 Å². The summed E-state index contributed by atoms with van der Waals surface area (Å²) in [6.45, 7) is 9.32. The van der Waals surface area contributed by atoms with E-state index in [9.17, 15) is 9.59 Å². The van der Waals surface area contributed by atoms with Crippen molar-refractivity contribution in [2.24, 2.45) is 0 Å². The number of nitrogens with zero attached hydrogens (tertiary/aromatic N) is 1. The lowest BCUT2D eigenvalue weighted by molar-refractivity contribution is -0.139. The maximum Gasteiger partial charge on any atom is 0.305 e. The first-order valence-electron chi connectivity index (χ1n) is 6.19. The van der Waals surface area contributed by atoms with E-state index >= 15 is 0 Å². The number of hydrogen-bond acceptors (Lipinski definition) is 4. The summed E-state index contributed by atoms with van der Waals surface area (Å²) in [6, 6.07) is -0.552. The number of rotatable bonds is 10. The Morgan fingerprint density at radius 1 is 1.29 bits per heavy atom. The molecule has 2 N–H and O–H groups in total. The summed E-state index contributed by atoms with van der Waals surface area (Å²) in [7, 11) is 0. The fourth-order valence-corrected chi connectivity index (χ4v) is 1.65. The number of ketones is 1. The molecule has 0 radical (unpaired) electrons. The molecule has 0 aliphatic rings. The molecule has 0 saturated heterocycles. The second-order valence-corrected chi connectivity index (χ2v) is 4.10. The Bertz CT molecular complexity index is 240. The van der Waals surface area contributed by atoms with Gasteiger partial charge in [-0.05, 0) is 39.5 Å². The van der Waals surface area contributed by atoms with Crippen LogP contribution in [0.2, 0.25) is 0 Å². The van der Waals surface area contributed by atoms with Crippen LogP contribution in [-0.4, -0.2) is 54.0 Å². The first-order chi connectivity index (χ1) is 8.01. The molecule has 0 heterocycles. The summed E-state index contributed by atoms with van der Waals surface area (Å²) in [4.78, 5) is 24.0. The Morgan fingerprint density at radius 3 is 2.29 bits per heavy atom.